The predicted molar refractivity (Wildman–Crippen MR) is 264 cm³/mol. The number of fused-ring (bicyclic) bond motifs is 8. The molecule has 1 aliphatic rings. The molecule has 8 aromatic carbocycles. The smallest absolute Gasteiger partial charge is 0.0625 e. The lowest BCUT2D eigenvalue weighted by Crippen LogP contribution is -2.17. The molecule has 0 saturated carbocycles. The molecule has 0 aliphatic heterocycles. The van der Waals surface area contributed by atoms with Gasteiger partial charge in [0.25, 0.3) is 0 Å². The van der Waals surface area contributed by atoms with Crippen molar-refractivity contribution in [3.8, 4) is 17.2 Å². The van der Waals surface area contributed by atoms with Crippen molar-refractivity contribution < 1.29 is 0 Å². The maximum Gasteiger partial charge on any atom is 0.0625 e. The fourth-order valence-corrected chi connectivity index (χ4v) is 12.1. The van der Waals surface area contributed by atoms with Crippen molar-refractivity contribution in [2.24, 2.45) is 0 Å². The number of aryl methyl sites for hydroxylation is 3. The minimum atomic E-state index is -0.179. The molecule has 0 spiro atoms. The Balaban J connectivity index is 1.03. The van der Waals surface area contributed by atoms with Crippen LogP contribution in [0.4, 0.5) is 0 Å². The minimum Gasteiger partial charge on any atom is -0.198 e. The van der Waals surface area contributed by atoms with E-state index < -0.39 is 0 Å². The second-order valence-electron chi connectivity index (χ2n) is 18.2. The van der Waals surface area contributed by atoms with E-state index in [9.17, 15) is 5.26 Å². The molecule has 0 bridgehead atoms. The van der Waals surface area contributed by atoms with Crippen molar-refractivity contribution >= 4 is 42.3 Å². The summed E-state index contributed by atoms with van der Waals surface area (Å²) < 4.78 is 2.79. The lowest BCUT2D eigenvalue weighted by Gasteiger charge is -2.28. The number of benzene rings is 8. The molecule has 0 saturated heterocycles. The lowest BCUT2D eigenvalue weighted by molar-refractivity contribution is 0.569. The summed E-state index contributed by atoms with van der Waals surface area (Å²) in [6, 6.07) is 66.6. The SMILES string of the molecule is Cc1cc(CC(c2ccccc2)C(C)c2ccc3c(c2)C(C)(C)c2cc(C(CCc4cccc5c4sc4ccccc45)c4ccccc4)c4ccccc4c2-3)ccc1CCC#N. The van der Waals surface area contributed by atoms with Crippen LogP contribution in [0, 0.1) is 18.3 Å². The van der Waals surface area contributed by atoms with Gasteiger partial charge in [-0.2, -0.15) is 5.26 Å². The second-order valence-corrected chi connectivity index (χ2v) is 19.2. The van der Waals surface area contributed by atoms with Crippen LogP contribution in [-0.4, -0.2) is 0 Å². The van der Waals surface area contributed by atoms with Crippen LogP contribution >= 0.6 is 11.3 Å². The highest BCUT2D eigenvalue weighted by atomic mass is 32.1. The van der Waals surface area contributed by atoms with Gasteiger partial charge in [-0.3, -0.25) is 0 Å². The zero-order valence-electron chi connectivity index (χ0n) is 36.3. The number of hydrogen-bond donors (Lipinski definition) is 0. The van der Waals surface area contributed by atoms with E-state index in [1.54, 1.807) is 0 Å². The van der Waals surface area contributed by atoms with Crippen LogP contribution < -0.4 is 0 Å². The molecule has 1 aliphatic carbocycles. The van der Waals surface area contributed by atoms with Gasteiger partial charge in [0, 0.05) is 37.9 Å². The van der Waals surface area contributed by atoms with Gasteiger partial charge in [0.05, 0.1) is 6.07 Å². The van der Waals surface area contributed by atoms with Crippen LogP contribution in [0.15, 0.2) is 170 Å². The van der Waals surface area contributed by atoms with Crippen LogP contribution in [0.2, 0.25) is 0 Å². The van der Waals surface area contributed by atoms with E-state index in [1.807, 2.05) is 11.3 Å². The van der Waals surface area contributed by atoms with Gasteiger partial charge in [0.1, 0.15) is 0 Å². The summed E-state index contributed by atoms with van der Waals surface area (Å²) in [7, 11) is 0. The molecule has 0 amide bonds. The third-order valence-corrected chi connectivity index (χ3v) is 15.5. The van der Waals surface area contributed by atoms with E-state index in [2.05, 4.69) is 204 Å². The Kier molecular flexibility index (Phi) is 10.6. The minimum absolute atomic E-state index is 0.179. The zero-order valence-corrected chi connectivity index (χ0v) is 37.1. The van der Waals surface area contributed by atoms with E-state index in [0.29, 0.717) is 18.3 Å². The molecule has 1 heterocycles. The summed E-state index contributed by atoms with van der Waals surface area (Å²) in [5, 5.41) is 14.7. The molecular weight excluding hydrogens is 767 g/mol. The van der Waals surface area contributed by atoms with Crippen molar-refractivity contribution in [1.82, 2.24) is 0 Å². The highest BCUT2D eigenvalue weighted by molar-refractivity contribution is 7.26. The summed E-state index contributed by atoms with van der Waals surface area (Å²) in [5.74, 6) is 0.839. The van der Waals surface area contributed by atoms with E-state index in [4.69, 9.17) is 0 Å². The van der Waals surface area contributed by atoms with Crippen LogP contribution in [0.5, 0.6) is 0 Å². The van der Waals surface area contributed by atoms with Crippen LogP contribution in [0.25, 0.3) is 42.1 Å². The van der Waals surface area contributed by atoms with Crippen LogP contribution in [0.1, 0.15) is 107 Å². The Morgan fingerprint density at radius 3 is 2.05 bits per heavy atom. The van der Waals surface area contributed by atoms with Gasteiger partial charge in [0.15, 0.2) is 0 Å². The monoisotopic (exact) mass is 819 g/mol. The topological polar surface area (TPSA) is 23.8 Å². The molecule has 1 nitrogen and oxygen atoms in total. The van der Waals surface area contributed by atoms with Gasteiger partial charge in [0.2, 0.25) is 0 Å². The van der Waals surface area contributed by atoms with Crippen molar-refractivity contribution in [2.45, 2.75) is 83.0 Å². The maximum absolute atomic E-state index is 9.20. The standard InChI is InChI=1S/C60H53NS/c1-39-35-41(28-29-42(39)22-16-34-61)36-53(44-19-9-6-10-20-44)40(2)46-31-33-52-55(37-46)60(3,4)56-38-54(48-23-11-12-25-50(48)58(52)56)47(43-17-7-5-8-18-43)32-30-45-21-15-26-51-49-24-13-14-27-57(49)62-59(45)51/h5-15,17-21,23-29,31,33,35,37-38,40,47,53H,16,22,30,32,36H2,1-4H3. The number of nitriles is 1. The Bertz CT molecular complexity index is 3130. The molecule has 2 heteroatoms. The quantitative estimate of drug-likeness (QED) is 0.120. The van der Waals surface area contributed by atoms with Crippen molar-refractivity contribution in [3.63, 3.8) is 0 Å². The highest BCUT2D eigenvalue weighted by Crippen LogP contribution is 2.54. The van der Waals surface area contributed by atoms with E-state index in [-0.39, 0.29) is 11.3 Å². The van der Waals surface area contributed by atoms with Gasteiger partial charge in [-0.25, -0.2) is 0 Å². The Labute approximate surface area is 371 Å². The van der Waals surface area contributed by atoms with Gasteiger partial charge >= 0.3 is 0 Å². The summed E-state index contributed by atoms with van der Waals surface area (Å²) in [5.41, 5.74) is 16.4. The second kappa shape index (κ2) is 16.5. The van der Waals surface area contributed by atoms with Gasteiger partial charge in [-0.15, -0.1) is 11.3 Å². The molecule has 62 heavy (non-hydrogen) atoms. The Morgan fingerprint density at radius 1 is 0.597 bits per heavy atom. The largest absolute Gasteiger partial charge is 0.198 e. The van der Waals surface area contributed by atoms with Crippen molar-refractivity contribution in [3.05, 3.63) is 225 Å². The average Bonchev–Trinajstić information content (AvgIpc) is 3.80. The average molecular weight is 820 g/mol. The van der Waals surface area contributed by atoms with E-state index >= 15 is 0 Å². The van der Waals surface area contributed by atoms with Gasteiger partial charge in [-0.1, -0.05) is 185 Å². The Hall–Kier alpha value is -6.27. The first-order chi connectivity index (χ1) is 30.3. The molecule has 3 unspecified atom stereocenters. The first-order valence-corrected chi connectivity index (χ1v) is 23.3. The summed E-state index contributed by atoms with van der Waals surface area (Å²) in [4.78, 5) is 0. The summed E-state index contributed by atoms with van der Waals surface area (Å²) in [6.07, 6.45) is 4.35. The third-order valence-electron chi connectivity index (χ3n) is 14.2. The number of thiophene rings is 1. The van der Waals surface area contributed by atoms with Crippen LogP contribution in [0.3, 0.4) is 0 Å². The highest BCUT2D eigenvalue weighted by Gasteiger charge is 2.39. The zero-order chi connectivity index (χ0) is 42.4. The Morgan fingerprint density at radius 2 is 1.29 bits per heavy atom. The first-order valence-electron chi connectivity index (χ1n) is 22.5. The molecule has 3 atom stereocenters. The predicted octanol–water partition coefficient (Wildman–Crippen LogP) is 16.2. The van der Waals surface area contributed by atoms with Gasteiger partial charge in [-0.05, 0) is 128 Å². The molecule has 0 radical (unpaired) electrons. The number of nitrogens with zero attached hydrogens (tertiary/aromatic N) is 1. The molecule has 9 aromatic rings. The van der Waals surface area contributed by atoms with Crippen molar-refractivity contribution in [2.75, 3.05) is 0 Å². The third kappa shape index (κ3) is 7.13. The van der Waals surface area contributed by atoms with E-state index in [0.717, 1.165) is 25.7 Å². The molecular formula is C60H53NS. The van der Waals surface area contributed by atoms with Gasteiger partial charge < -0.3 is 0 Å². The maximum atomic E-state index is 9.20. The normalized spacial score (nSPS) is 14.4. The fraction of sp³-hybridized carbons (Fsp3) is 0.217. The molecule has 304 valence electrons. The summed E-state index contributed by atoms with van der Waals surface area (Å²) >= 11 is 1.94. The molecule has 0 fully saturated rings. The number of hydrogen-bond acceptors (Lipinski definition) is 2. The molecule has 0 N–H and O–H groups in total. The lowest BCUT2D eigenvalue weighted by atomic mass is 9.75. The van der Waals surface area contributed by atoms with Crippen LogP contribution in [-0.2, 0) is 24.7 Å². The van der Waals surface area contributed by atoms with E-state index in [1.165, 1.54) is 97.7 Å². The molecule has 10 rings (SSSR count). The number of rotatable bonds is 12. The first kappa shape index (κ1) is 39.8. The fourth-order valence-electron chi connectivity index (χ4n) is 10.8. The van der Waals surface area contributed by atoms with Crippen molar-refractivity contribution in [1.29, 1.82) is 5.26 Å². The summed E-state index contributed by atoms with van der Waals surface area (Å²) in [6.45, 7) is 9.53. The molecule has 1 aromatic heterocycles.